The van der Waals surface area contributed by atoms with Gasteiger partial charge in [-0.2, -0.15) is 0 Å². The second-order valence-corrected chi connectivity index (χ2v) is 5.18. The van der Waals surface area contributed by atoms with Gasteiger partial charge in [0, 0.05) is 6.07 Å². The third kappa shape index (κ3) is 4.66. The van der Waals surface area contributed by atoms with Crippen LogP contribution in [0.2, 0.25) is 0 Å². The molecule has 1 N–H and O–H groups in total. The van der Waals surface area contributed by atoms with E-state index in [-0.39, 0.29) is 17.8 Å². The molecule has 132 valence electrons. The van der Waals surface area contributed by atoms with E-state index < -0.39 is 23.9 Å². The van der Waals surface area contributed by atoms with E-state index in [1.807, 2.05) is 0 Å². The van der Waals surface area contributed by atoms with Crippen molar-refractivity contribution >= 4 is 23.7 Å². The molecule has 1 heterocycles. The molecule has 0 radical (unpaired) electrons. The number of hydrogen-bond donors (Lipinski definition) is 1. The van der Waals surface area contributed by atoms with E-state index in [0.717, 1.165) is 0 Å². The SMILES string of the molecule is CCC(OC(=O)c1ccc(C(=O)OC)cc1)C(=O)Nc1cc(C)on1. The van der Waals surface area contributed by atoms with Crippen molar-refractivity contribution in [2.24, 2.45) is 0 Å². The molecule has 8 heteroatoms. The smallest absolute Gasteiger partial charge is 0.338 e. The first kappa shape index (κ1) is 18.2. The van der Waals surface area contributed by atoms with Crippen LogP contribution in [0.4, 0.5) is 5.82 Å². The summed E-state index contributed by atoms with van der Waals surface area (Å²) >= 11 is 0. The van der Waals surface area contributed by atoms with E-state index in [0.29, 0.717) is 11.3 Å². The Kier molecular flexibility index (Phi) is 5.89. The molecule has 0 bridgehead atoms. The summed E-state index contributed by atoms with van der Waals surface area (Å²) in [5.41, 5.74) is 0.529. The number of rotatable bonds is 6. The van der Waals surface area contributed by atoms with Gasteiger partial charge in [0.15, 0.2) is 11.9 Å². The Morgan fingerprint density at radius 1 is 1.16 bits per heavy atom. The maximum absolute atomic E-state index is 12.2. The molecule has 1 atom stereocenters. The Labute approximate surface area is 144 Å². The Morgan fingerprint density at radius 3 is 2.24 bits per heavy atom. The second kappa shape index (κ2) is 8.09. The molecule has 2 aromatic rings. The molecule has 25 heavy (non-hydrogen) atoms. The molecule has 2 rings (SSSR count). The molecule has 0 fully saturated rings. The normalized spacial score (nSPS) is 11.5. The zero-order valence-electron chi connectivity index (χ0n) is 14.1. The van der Waals surface area contributed by atoms with Crippen molar-refractivity contribution < 1.29 is 28.4 Å². The largest absolute Gasteiger partial charge is 0.465 e. The minimum Gasteiger partial charge on any atom is -0.465 e. The molecule has 1 unspecified atom stereocenters. The van der Waals surface area contributed by atoms with Gasteiger partial charge in [-0.05, 0) is 37.6 Å². The Bertz CT molecular complexity index is 766. The lowest BCUT2D eigenvalue weighted by molar-refractivity contribution is -0.124. The van der Waals surface area contributed by atoms with Crippen molar-refractivity contribution in [2.45, 2.75) is 26.4 Å². The molecule has 0 saturated heterocycles. The highest BCUT2D eigenvalue weighted by Crippen LogP contribution is 2.12. The number of methoxy groups -OCH3 is 1. The number of amides is 1. The maximum Gasteiger partial charge on any atom is 0.338 e. The van der Waals surface area contributed by atoms with Crippen molar-refractivity contribution in [3.63, 3.8) is 0 Å². The Balaban J connectivity index is 2.01. The number of nitrogens with one attached hydrogen (secondary N) is 1. The van der Waals surface area contributed by atoms with Gasteiger partial charge in [-0.3, -0.25) is 4.79 Å². The number of anilines is 1. The van der Waals surface area contributed by atoms with Crippen LogP contribution in [0.25, 0.3) is 0 Å². The predicted molar refractivity (Wildman–Crippen MR) is 87.1 cm³/mol. The predicted octanol–water partition coefficient (Wildman–Crippen LogP) is 2.34. The lowest BCUT2D eigenvalue weighted by Crippen LogP contribution is -2.32. The molecule has 1 aromatic carbocycles. The molecular weight excluding hydrogens is 328 g/mol. The standard InChI is InChI=1S/C17H18N2O6/c1-4-13(15(20)18-14-9-10(2)25-19-14)24-17(22)12-7-5-11(6-8-12)16(21)23-3/h5-9,13H,4H2,1-3H3,(H,18,19,20). The van der Waals surface area contributed by atoms with Gasteiger partial charge in [-0.25, -0.2) is 9.59 Å². The van der Waals surface area contributed by atoms with E-state index >= 15 is 0 Å². The molecule has 8 nitrogen and oxygen atoms in total. The fraction of sp³-hybridized carbons (Fsp3) is 0.294. The van der Waals surface area contributed by atoms with Gasteiger partial charge in [-0.15, -0.1) is 0 Å². The number of esters is 2. The van der Waals surface area contributed by atoms with Crippen molar-refractivity contribution in [1.82, 2.24) is 5.16 Å². The summed E-state index contributed by atoms with van der Waals surface area (Å²) in [6, 6.07) is 7.31. The van der Waals surface area contributed by atoms with Gasteiger partial charge < -0.3 is 19.3 Å². The van der Waals surface area contributed by atoms with Crippen LogP contribution in [-0.4, -0.2) is 36.2 Å². The van der Waals surface area contributed by atoms with E-state index in [9.17, 15) is 14.4 Å². The Hall–Kier alpha value is -3.16. The monoisotopic (exact) mass is 346 g/mol. The highest BCUT2D eigenvalue weighted by Gasteiger charge is 2.23. The van der Waals surface area contributed by atoms with Crippen LogP contribution < -0.4 is 5.32 Å². The number of benzene rings is 1. The highest BCUT2D eigenvalue weighted by molar-refractivity contribution is 5.97. The summed E-state index contributed by atoms with van der Waals surface area (Å²) in [7, 11) is 1.27. The Morgan fingerprint density at radius 2 is 1.76 bits per heavy atom. The topological polar surface area (TPSA) is 108 Å². The maximum atomic E-state index is 12.2. The summed E-state index contributed by atoms with van der Waals surface area (Å²) in [6.45, 7) is 3.41. The second-order valence-electron chi connectivity index (χ2n) is 5.18. The quantitative estimate of drug-likeness (QED) is 0.800. The number of aromatic nitrogens is 1. The van der Waals surface area contributed by atoms with Crippen LogP contribution in [0.1, 0.15) is 39.8 Å². The van der Waals surface area contributed by atoms with Gasteiger partial charge in [0.25, 0.3) is 5.91 Å². The van der Waals surface area contributed by atoms with E-state index in [1.54, 1.807) is 19.9 Å². The van der Waals surface area contributed by atoms with Crippen molar-refractivity contribution in [2.75, 3.05) is 12.4 Å². The summed E-state index contributed by atoms with van der Waals surface area (Å²) in [4.78, 5) is 35.7. The van der Waals surface area contributed by atoms with Crippen molar-refractivity contribution in [3.05, 3.63) is 47.2 Å². The van der Waals surface area contributed by atoms with Gasteiger partial charge in [0.2, 0.25) is 0 Å². The third-order valence-electron chi connectivity index (χ3n) is 3.33. The van der Waals surface area contributed by atoms with Gasteiger partial charge in [0.05, 0.1) is 18.2 Å². The molecule has 0 saturated carbocycles. The van der Waals surface area contributed by atoms with Crippen LogP contribution in [0.5, 0.6) is 0 Å². The van der Waals surface area contributed by atoms with E-state index in [1.165, 1.54) is 31.4 Å². The highest BCUT2D eigenvalue weighted by atomic mass is 16.5. The molecular formula is C17H18N2O6. The van der Waals surface area contributed by atoms with Crippen molar-refractivity contribution in [1.29, 1.82) is 0 Å². The molecule has 1 aromatic heterocycles. The lowest BCUT2D eigenvalue weighted by atomic mass is 10.1. The van der Waals surface area contributed by atoms with Crippen LogP contribution in [0, 0.1) is 6.92 Å². The van der Waals surface area contributed by atoms with Gasteiger partial charge in [-0.1, -0.05) is 12.1 Å². The summed E-state index contributed by atoms with van der Waals surface area (Å²) < 4.78 is 14.7. The summed E-state index contributed by atoms with van der Waals surface area (Å²) in [5, 5.41) is 6.17. The first-order valence-electron chi connectivity index (χ1n) is 7.58. The first-order chi connectivity index (χ1) is 11.9. The van der Waals surface area contributed by atoms with Gasteiger partial charge in [0.1, 0.15) is 5.76 Å². The van der Waals surface area contributed by atoms with Crippen LogP contribution in [-0.2, 0) is 14.3 Å². The minimum atomic E-state index is -0.982. The van der Waals surface area contributed by atoms with E-state index in [2.05, 4.69) is 15.2 Å². The number of aryl methyl sites for hydroxylation is 1. The fourth-order valence-electron chi connectivity index (χ4n) is 2.01. The average Bonchev–Trinajstić information content (AvgIpc) is 3.03. The number of carbonyl (C=O) groups excluding carboxylic acids is 3. The number of ether oxygens (including phenoxy) is 2. The van der Waals surface area contributed by atoms with Crippen LogP contribution in [0.3, 0.4) is 0 Å². The van der Waals surface area contributed by atoms with E-state index in [4.69, 9.17) is 9.26 Å². The number of hydrogen-bond acceptors (Lipinski definition) is 7. The zero-order chi connectivity index (χ0) is 18.4. The molecule has 0 aliphatic rings. The zero-order valence-corrected chi connectivity index (χ0v) is 14.1. The molecule has 0 aliphatic heterocycles. The third-order valence-corrected chi connectivity index (χ3v) is 3.33. The number of carbonyl (C=O) groups is 3. The first-order valence-corrected chi connectivity index (χ1v) is 7.58. The van der Waals surface area contributed by atoms with Crippen LogP contribution in [0.15, 0.2) is 34.9 Å². The van der Waals surface area contributed by atoms with Crippen LogP contribution >= 0.6 is 0 Å². The van der Waals surface area contributed by atoms with Gasteiger partial charge >= 0.3 is 11.9 Å². The fourth-order valence-corrected chi connectivity index (χ4v) is 2.01. The summed E-state index contributed by atoms with van der Waals surface area (Å²) in [6.07, 6.45) is -0.695. The lowest BCUT2D eigenvalue weighted by Gasteiger charge is -2.15. The molecule has 0 spiro atoms. The average molecular weight is 346 g/mol. The number of nitrogens with zero attached hydrogens (tertiary/aromatic N) is 1. The molecule has 0 aliphatic carbocycles. The minimum absolute atomic E-state index is 0.219. The molecule has 1 amide bonds. The van der Waals surface area contributed by atoms with Crippen molar-refractivity contribution in [3.8, 4) is 0 Å². The summed E-state index contributed by atoms with van der Waals surface area (Å²) in [5.74, 6) is -0.885.